The van der Waals surface area contributed by atoms with E-state index in [9.17, 15) is 13.2 Å². The van der Waals surface area contributed by atoms with Crippen LogP contribution in [0.1, 0.15) is 46.5 Å². The predicted molar refractivity (Wildman–Crippen MR) is 131 cm³/mol. The van der Waals surface area contributed by atoms with Gasteiger partial charge >= 0.3 is 0 Å². The number of aryl methyl sites for hydroxylation is 2. The van der Waals surface area contributed by atoms with Gasteiger partial charge in [-0.2, -0.15) is 0 Å². The van der Waals surface area contributed by atoms with E-state index in [1.165, 1.54) is 6.07 Å². The van der Waals surface area contributed by atoms with Crippen LogP contribution in [0, 0.1) is 20.8 Å². The fourth-order valence-electron chi connectivity index (χ4n) is 3.33. The highest BCUT2D eigenvalue weighted by Gasteiger charge is 2.20. The van der Waals surface area contributed by atoms with Gasteiger partial charge in [0.05, 0.1) is 16.7 Å². The number of amides is 1. The van der Waals surface area contributed by atoms with Gasteiger partial charge in [-0.15, -0.1) is 0 Å². The molecule has 0 saturated heterocycles. The van der Waals surface area contributed by atoms with E-state index in [2.05, 4.69) is 10.0 Å². The number of ether oxygens (including phenoxy) is 1. The second kappa shape index (κ2) is 10.1. The second-order valence-electron chi connectivity index (χ2n) is 8.33. The summed E-state index contributed by atoms with van der Waals surface area (Å²) in [6.45, 7) is 9.74. The SMILES string of the molecule is Cc1ccc(C(=O)NCc2ccc(OC(C)C)cc2)cc1S(=O)(=O)Nc1cccc(C)c1C. The number of hydrogen-bond donors (Lipinski definition) is 2. The Hall–Kier alpha value is -3.32. The first-order valence-electron chi connectivity index (χ1n) is 10.8. The van der Waals surface area contributed by atoms with E-state index in [0.717, 1.165) is 22.4 Å². The minimum absolute atomic E-state index is 0.0752. The minimum atomic E-state index is -3.87. The molecule has 0 radical (unpaired) electrons. The molecular formula is C26H30N2O4S. The molecule has 0 aliphatic rings. The van der Waals surface area contributed by atoms with Gasteiger partial charge in [0.25, 0.3) is 15.9 Å². The van der Waals surface area contributed by atoms with Crippen molar-refractivity contribution in [3.05, 3.63) is 88.5 Å². The van der Waals surface area contributed by atoms with Crippen LogP contribution >= 0.6 is 0 Å². The highest BCUT2D eigenvalue weighted by Crippen LogP contribution is 2.24. The molecule has 6 nitrogen and oxygen atoms in total. The van der Waals surface area contributed by atoms with Gasteiger partial charge in [0.15, 0.2) is 0 Å². The van der Waals surface area contributed by atoms with Gasteiger partial charge in [-0.25, -0.2) is 8.42 Å². The maximum Gasteiger partial charge on any atom is 0.262 e. The fraction of sp³-hybridized carbons (Fsp3) is 0.269. The first-order valence-corrected chi connectivity index (χ1v) is 12.3. The van der Waals surface area contributed by atoms with Crippen molar-refractivity contribution in [1.82, 2.24) is 5.32 Å². The van der Waals surface area contributed by atoms with E-state index in [1.54, 1.807) is 31.2 Å². The number of benzene rings is 3. The molecule has 0 aliphatic heterocycles. The standard InChI is InChI=1S/C26H30N2O4S/c1-17(2)32-23-13-10-21(11-14-23)16-27-26(29)22-12-9-19(4)25(15-22)33(30,31)28-24-8-6-7-18(3)20(24)5/h6-15,17,28H,16H2,1-5H3,(H,27,29). The normalized spacial score (nSPS) is 11.3. The maximum atomic E-state index is 13.1. The first-order chi connectivity index (χ1) is 15.6. The molecule has 7 heteroatoms. The molecule has 3 aromatic rings. The van der Waals surface area contributed by atoms with Gasteiger partial charge in [0, 0.05) is 12.1 Å². The van der Waals surface area contributed by atoms with Crippen LogP contribution in [0.5, 0.6) is 5.75 Å². The number of carbonyl (C=O) groups excluding carboxylic acids is 1. The number of sulfonamides is 1. The quantitative estimate of drug-likeness (QED) is 0.482. The molecule has 33 heavy (non-hydrogen) atoms. The van der Waals surface area contributed by atoms with Crippen molar-refractivity contribution in [2.24, 2.45) is 0 Å². The van der Waals surface area contributed by atoms with Crippen molar-refractivity contribution in [3.8, 4) is 5.75 Å². The Morgan fingerprint density at radius 2 is 1.64 bits per heavy atom. The van der Waals surface area contributed by atoms with E-state index >= 15 is 0 Å². The van der Waals surface area contributed by atoms with Crippen LogP contribution in [-0.2, 0) is 16.6 Å². The lowest BCUT2D eigenvalue weighted by molar-refractivity contribution is 0.0950. The third-order valence-corrected chi connectivity index (χ3v) is 6.84. The van der Waals surface area contributed by atoms with Gasteiger partial charge in [0.2, 0.25) is 0 Å². The van der Waals surface area contributed by atoms with E-state index in [1.807, 2.05) is 58.0 Å². The molecule has 0 bridgehead atoms. The Morgan fingerprint density at radius 3 is 2.30 bits per heavy atom. The summed E-state index contributed by atoms with van der Waals surface area (Å²) in [6.07, 6.45) is 0.0897. The Morgan fingerprint density at radius 1 is 0.939 bits per heavy atom. The van der Waals surface area contributed by atoms with E-state index in [0.29, 0.717) is 17.8 Å². The second-order valence-corrected chi connectivity index (χ2v) is 9.98. The van der Waals surface area contributed by atoms with Gasteiger partial charge in [-0.3, -0.25) is 9.52 Å². The lowest BCUT2D eigenvalue weighted by atomic mass is 10.1. The van der Waals surface area contributed by atoms with Gasteiger partial charge in [-0.05, 0) is 87.2 Å². The number of carbonyl (C=O) groups is 1. The molecule has 0 spiro atoms. The van der Waals surface area contributed by atoms with Crippen LogP contribution in [0.4, 0.5) is 5.69 Å². The summed E-state index contributed by atoms with van der Waals surface area (Å²) in [7, 11) is -3.87. The van der Waals surface area contributed by atoms with Gasteiger partial charge < -0.3 is 10.1 Å². The van der Waals surface area contributed by atoms with Crippen LogP contribution in [0.3, 0.4) is 0 Å². The highest BCUT2D eigenvalue weighted by molar-refractivity contribution is 7.92. The molecule has 3 aromatic carbocycles. The summed E-state index contributed by atoms with van der Waals surface area (Å²) in [6, 6.07) is 17.6. The molecule has 0 unspecified atom stereocenters. The number of nitrogens with one attached hydrogen (secondary N) is 2. The van der Waals surface area contributed by atoms with Crippen molar-refractivity contribution in [3.63, 3.8) is 0 Å². The van der Waals surface area contributed by atoms with Gasteiger partial charge in [-0.1, -0.05) is 30.3 Å². The summed E-state index contributed by atoms with van der Waals surface area (Å²) in [5, 5.41) is 2.84. The number of rotatable bonds is 8. The third kappa shape index (κ3) is 6.14. The summed E-state index contributed by atoms with van der Waals surface area (Å²) in [4.78, 5) is 12.8. The van der Waals surface area contributed by atoms with E-state index < -0.39 is 10.0 Å². The van der Waals surface area contributed by atoms with Crippen LogP contribution in [0.2, 0.25) is 0 Å². The van der Waals surface area contributed by atoms with Crippen molar-refractivity contribution >= 4 is 21.6 Å². The van der Waals surface area contributed by atoms with Crippen LogP contribution in [0.15, 0.2) is 65.6 Å². The molecule has 2 N–H and O–H groups in total. The highest BCUT2D eigenvalue weighted by atomic mass is 32.2. The van der Waals surface area contributed by atoms with Crippen LogP contribution in [0.25, 0.3) is 0 Å². The Labute approximate surface area is 196 Å². The third-order valence-electron chi connectivity index (χ3n) is 5.34. The first kappa shape index (κ1) is 24.3. The van der Waals surface area contributed by atoms with Crippen molar-refractivity contribution in [2.75, 3.05) is 4.72 Å². The molecule has 0 atom stereocenters. The Kier molecular flexibility index (Phi) is 7.43. The summed E-state index contributed by atoms with van der Waals surface area (Å²) in [5.74, 6) is 0.422. The van der Waals surface area contributed by atoms with Crippen LogP contribution < -0.4 is 14.8 Å². The smallest absolute Gasteiger partial charge is 0.262 e. The molecule has 0 aromatic heterocycles. The van der Waals surface area contributed by atoms with E-state index in [4.69, 9.17) is 4.74 Å². The predicted octanol–water partition coefficient (Wildman–Crippen LogP) is 5.13. The van der Waals surface area contributed by atoms with Crippen LogP contribution in [-0.4, -0.2) is 20.4 Å². The molecule has 0 saturated carbocycles. The van der Waals surface area contributed by atoms with Crippen molar-refractivity contribution in [1.29, 1.82) is 0 Å². The number of anilines is 1. The Bertz CT molecular complexity index is 1250. The zero-order valence-corrected chi connectivity index (χ0v) is 20.4. The monoisotopic (exact) mass is 466 g/mol. The summed E-state index contributed by atoms with van der Waals surface area (Å²) >= 11 is 0. The molecule has 0 aliphatic carbocycles. The zero-order valence-electron chi connectivity index (χ0n) is 19.6. The topological polar surface area (TPSA) is 84.5 Å². The largest absolute Gasteiger partial charge is 0.491 e. The molecule has 0 heterocycles. The lowest BCUT2D eigenvalue weighted by Gasteiger charge is -2.15. The maximum absolute atomic E-state index is 13.1. The lowest BCUT2D eigenvalue weighted by Crippen LogP contribution is -2.23. The molecular weight excluding hydrogens is 436 g/mol. The Balaban J connectivity index is 1.74. The minimum Gasteiger partial charge on any atom is -0.491 e. The van der Waals surface area contributed by atoms with Gasteiger partial charge in [0.1, 0.15) is 5.75 Å². The average molecular weight is 467 g/mol. The molecule has 1 amide bonds. The molecule has 0 fully saturated rings. The summed E-state index contributed by atoms with van der Waals surface area (Å²) in [5.41, 5.74) is 4.12. The van der Waals surface area contributed by atoms with E-state index in [-0.39, 0.29) is 22.5 Å². The molecule has 174 valence electrons. The number of hydrogen-bond acceptors (Lipinski definition) is 4. The van der Waals surface area contributed by atoms with Crippen molar-refractivity contribution in [2.45, 2.75) is 52.2 Å². The molecule has 3 rings (SSSR count). The zero-order chi connectivity index (χ0) is 24.2. The summed E-state index contributed by atoms with van der Waals surface area (Å²) < 4.78 is 34.5. The average Bonchev–Trinajstić information content (AvgIpc) is 2.76. The van der Waals surface area contributed by atoms with Crippen molar-refractivity contribution < 1.29 is 17.9 Å². The fourth-order valence-corrected chi connectivity index (χ4v) is 4.73.